The zero-order valence-corrected chi connectivity index (χ0v) is 12.2. The zero-order chi connectivity index (χ0) is 13.7. The molecule has 1 amide bonds. The average Bonchev–Trinajstić information content (AvgIpc) is 2.44. The van der Waals surface area contributed by atoms with Crippen molar-refractivity contribution in [3.63, 3.8) is 0 Å². The molecule has 0 aliphatic carbocycles. The van der Waals surface area contributed by atoms with Crippen LogP contribution in [0, 0.1) is 6.92 Å². The number of anilines is 1. The van der Waals surface area contributed by atoms with Gasteiger partial charge in [-0.2, -0.15) is 0 Å². The van der Waals surface area contributed by atoms with Gasteiger partial charge in [-0.1, -0.05) is 17.7 Å². The minimum Gasteiger partial charge on any atom is -0.384 e. The second-order valence-electron chi connectivity index (χ2n) is 5.03. The molecule has 1 aromatic carbocycles. The van der Waals surface area contributed by atoms with E-state index in [0.717, 1.165) is 42.2 Å². The van der Waals surface area contributed by atoms with Gasteiger partial charge in [-0.3, -0.25) is 4.79 Å². The first kappa shape index (κ1) is 14.2. The molecule has 1 heterocycles. The highest BCUT2D eigenvalue weighted by molar-refractivity contribution is 6.31. The summed E-state index contributed by atoms with van der Waals surface area (Å²) in [6, 6.07) is 5.79. The molecule has 1 N–H and O–H groups in total. The fourth-order valence-electron chi connectivity index (χ4n) is 2.40. The number of rotatable bonds is 4. The maximum absolute atomic E-state index is 12.0. The molecule has 0 aromatic heterocycles. The van der Waals surface area contributed by atoms with E-state index < -0.39 is 0 Å². The molecular formula is C15H21ClN2O. The lowest BCUT2D eigenvalue weighted by atomic mass is 10.1. The average molecular weight is 281 g/mol. The van der Waals surface area contributed by atoms with Gasteiger partial charge >= 0.3 is 0 Å². The molecule has 1 saturated heterocycles. The summed E-state index contributed by atoms with van der Waals surface area (Å²) < 4.78 is 0. The fourth-order valence-corrected chi connectivity index (χ4v) is 2.58. The van der Waals surface area contributed by atoms with Crippen molar-refractivity contribution < 1.29 is 4.79 Å². The fraction of sp³-hybridized carbons (Fsp3) is 0.533. The van der Waals surface area contributed by atoms with Gasteiger partial charge in [-0.05, 0) is 43.9 Å². The summed E-state index contributed by atoms with van der Waals surface area (Å²) in [5.74, 6) is 0.256. The van der Waals surface area contributed by atoms with Crippen molar-refractivity contribution in [2.75, 3.05) is 25.0 Å². The topological polar surface area (TPSA) is 32.3 Å². The molecule has 1 aliphatic heterocycles. The first-order chi connectivity index (χ1) is 9.18. The number of nitrogens with zero attached hydrogens (tertiary/aromatic N) is 1. The van der Waals surface area contributed by atoms with Crippen LogP contribution in [0.25, 0.3) is 0 Å². The Kier molecular flexibility index (Phi) is 5.08. The van der Waals surface area contributed by atoms with Gasteiger partial charge in [0.1, 0.15) is 0 Å². The minimum atomic E-state index is 0.256. The third-order valence-corrected chi connectivity index (χ3v) is 4.04. The quantitative estimate of drug-likeness (QED) is 0.916. The van der Waals surface area contributed by atoms with Crippen molar-refractivity contribution in [1.82, 2.24) is 4.90 Å². The molecule has 2 rings (SSSR count). The van der Waals surface area contributed by atoms with Crippen LogP contribution in [-0.4, -0.2) is 30.4 Å². The van der Waals surface area contributed by atoms with Crippen LogP contribution < -0.4 is 5.32 Å². The summed E-state index contributed by atoms with van der Waals surface area (Å²) in [7, 11) is 0. The Morgan fingerprint density at radius 2 is 2.05 bits per heavy atom. The summed E-state index contributed by atoms with van der Waals surface area (Å²) in [5, 5.41) is 4.05. The second-order valence-corrected chi connectivity index (χ2v) is 5.44. The number of piperidine rings is 1. The molecule has 0 spiro atoms. The number of hydrogen-bond acceptors (Lipinski definition) is 2. The van der Waals surface area contributed by atoms with E-state index in [1.807, 2.05) is 30.0 Å². The van der Waals surface area contributed by atoms with Crippen LogP contribution in [-0.2, 0) is 4.79 Å². The number of benzene rings is 1. The van der Waals surface area contributed by atoms with Gasteiger partial charge in [0.05, 0.1) is 0 Å². The Labute approximate surface area is 119 Å². The lowest BCUT2D eigenvalue weighted by Crippen LogP contribution is -2.36. The number of amides is 1. The van der Waals surface area contributed by atoms with Gasteiger partial charge in [-0.25, -0.2) is 0 Å². The van der Waals surface area contributed by atoms with Crippen molar-refractivity contribution in [3.05, 3.63) is 28.8 Å². The second kappa shape index (κ2) is 6.80. The molecule has 0 radical (unpaired) electrons. The van der Waals surface area contributed by atoms with Crippen molar-refractivity contribution in [2.45, 2.75) is 32.6 Å². The Morgan fingerprint density at radius 3 is 2.79 bits per heavy atom. The first-order valence-electron chi connectivity index (χ1n) is 6.95. The van der Waals surface area contributed by atoms with Crippen LogP contribution in [0.4, 0.5) is 5.69 Å². The van der Waals surface area contributed by atoms with E-state index in [2.05, 4.69) is 5.32 Å². The molecule has 1 fully saturated rings. The number of halogens is 1. The number of carbonyl (C=O) groups excluding carboxylic acids is 1. The van der Waals surface area contributed by atoms with E-state index in [-0.39, 0.29) is 5.91 Å². The highest BCUT2D eigenvalue weighted by atomic mass is 35.5. The van der Waals surface area contributed by atoms with Crippen LogP contribution in [0.1, 0.15) is 31.2 Å². The van der Waals surface area contributed by atoms with E-state index in [1.54, 1.807) is 0 Å². The van der Waals surface area contributed by atoms with Crippen LogP contribution in [0.3, 0.4) is 0 Å². The number of nitrogens with one attached hydrogen (secondary N) is 1. The van der Waals surface area contributed by atoms with Gasteiger partial charge in [0, 0.05) is 36.8 Å². The normalized spacial score (nSPS) is 15.4. The van der Waals surface area contributed by atoms with Crippen LogP contribution in [0.2, 0.25) is 5.02 Å². The predicted octanol–water partition coefficient (Wildman–Crippen LogP) is 3.46. The smallest absolute Gasteiger partial charge is 0.224 e. The summed E-state index contributed by atoms with van der Waals surface area (Å²) in [4.78, 5) is 14.0. The molecule has 1 aliphatic rings. The van der Waals surface area contributed by atoms with Crippen molar-refractivity contribution in [3.8, 4) is 0 Å². The molecule has 3 nitrogen and oxygen atoms in total. The number of carbonyl (C=O) groups is 1. The van der Waals surface area contributed by atoms with Gasteiger partial charge in [0.15, 0.2) is 0 Å². The summed E-state index contributed by atoms with van der Waals surface area (Å²) in [6.07, 6.45) is 4.09. The summed E-state index contributed by atoms with van der Waals surface area (Å²) in [5.41, 5.74) is 2.05. The van der Waals surface area contributed by atoms with Gasteiger partial charge in [-0.15, -0.1) is 0 Å². The molecule has 19 heavy (non-hydrogen) atoms. The van der Waals surface area contributed by atoms with Crippen LogP contribution in [0.5, 0.6) is 0 Å². The monoisotopic (exact) mass is 280 g/mol. The van der Waals surface area contributed by atoms with E-state index in [4.69, 9.17) is 11.6 Å². The maximum atomic E-state index is 12.0. The molecule has 4 heteroatoms. The maximum Gasteiger partial charge on any atom is 0.224 e. The predicted molar refractivity (Wildman–Crippen MR) is 79.7 cm³/mol. The molecule has 0 atom stereocenters. The molecule has 1 aromatic rings. The molecule has 104 valence electrons. The van der Waals surface area contributed by atoms with Crippen molar-refractivity contribution in [1.29, 1.82) is 0 Å². The SMILES string of the molecule is Cc1c(Cl)cccc1NCCC(=O)N1CCCCC1. The van der Waals surface area contributed by atoms with Crippen LogP contribution in [0.15, 0.2) is 18.2 Å². The number of likely N-dealkylation sites (tertiary alicyclic amines) is 1. The van der Waals surface area contributed by atoms with Gasteiger partial charge < -0.3 is 10.2 Å². The largest absolute Gasteiger partial charge is 0.384 e. The van der Waals surface area contributed by atoms with E-state index in [1.165, 1.54) is 6.42 Å². The molecule has 0 bridgehead atoms. The molecular weight excluding hydrogens is 260 g/mol. The zero-order valence-electron chi connectivity index (χ0n) is 11.4. The van der Waals surface area contributed by atoms with E-state index in [0.29, 0.717) is 13.0 Å². The summed E-state index contributed by atoms with van der Waals surface area (Å²) >= 11 is 6.06. The lowest BCUT2D eigenvalue weighted by molar-refractivity contribution is -0.131. The Bertz CT molecular complexity index is 442. The van der Waals surface area contributed by atoms with E-state index >= 15 is 0 Å². The van der Waals surface area contributed by atoms with Gasteiger partial charge in [0.2, 0.25) is 5.91 Å². The third-order valence-electron chi connectivity index (χ3n) is 3.63. The Hall–Kier alpha value is -1.22. The lowest BCUT2D eigenvalue weighted by Gasteiger charge is -2.26. The minimum absolute atomic E-state index is 0.256. The van der Waals surface area contributed by atoms with Crippen molar-refractivity contribution in [2.24, 2.45) is 0 Å². The Balaban J connectivity index is 1.79. The van der Waals surface area contributed by atoms with Crippen molar-refractivity contribution >= 4 is 23.2 Å². The van der Waals surface area contributed by atoms with Crippen LogP contribution >= 0.6 is 11.6 Å². The molecule has 0 unspecified atom stereocenters. The van der Waals surface area contributed by atoms with Gasteiger partial charge in [0.25, 0.3) is 0 Å². The summed E-state index contributed by atoms with van der Waals surface area (Å²) in [6.45, 7) is 4.50. The standard InChI is InChI=1S/C15H21ClN2O/c1-12-13(16)6-5-7-14(12)17-9-8-15(19)18-10-3-2-4-11-18/h5-7,17H,2-4,8-11H2,1H3. The Morgan fingerprint density at radius 1 is 1.32 bits per heavy atom. The number of hydrogen-bond donors (Lipinski definition) is 1. The highest BCUT2D eigenvalue weighted by Crippen LogP contribution is 2.22. The first-order valence-corrected chi connectivity index (χ1v) is 7.33. The third kappa shape index (κ3) is 3.87. The highest BCUT2D eigenvalue weighted by Gasteiger charge is 2.15. The van der Waals surface area contributed by atoms with E-state index in [9.17, 15) is 4.79 Å². The molecule has 0 saturated carbocycles.